The molecule has 8 heteroatoms. The van der Waals surface area contributed by atoms with Gasteiger partial charge in [0.2, 0.25) is 10.0 Å². The van der Waals surface area contributed by atoms with Crippen LogP contribution in [0.3, 0.4) is 0 Å². The highest BCUT2D eigenvalue weighted by molar-refractivity contribution is 7.89. The van der Waals surface area contributed by atoms with Gasteiger partial charge in [0.1, 0.15) is 10.6 Å². The van der Waals surface area contributed by atoms with Gasteiger partial charge in [-0.15, -0.1) is 0 Å². The molecule has 3 aromatic carbocycles. The van der Waals surface area contributed by atoms with Gasteiger partial charge in [-0.1, -0.05) is 63.1 Å². The zero-order valence-electron chi connectivity index (χ0n) is 20.2. The van der Waals surface area contributed by atoms with Gasteiger partial charge in [-0.2, -0.15) is 0 Å². The van der Waals surface area contributed by atoms with Crippen molar-refractivity contribution in [2.24, 2.45) is 5.14 Å². The summed E-state index contributed by atoms with van der Waals surface area (Å²) in [7, 11) is -4.21. The van der Waals surface area contributed by atoms with Crippen LogP contribution in [0, 0.1) is 0 Å². The highest BCUT2D eigenvalue weighted by atomic mass is 32.2. The summed E-state index contributed by atoms with van der Waals surface area (Å²) in [5.74, 6) is 0.174. The fourth-order valence-corrected chi connectivity index (χ4v) is 4.35. The van der Waals surface area contributed by atoms with Crippen molar-refractivity contribution < 1.29 is 17.9 Å². The molecule has 0 saturated heterocycles. The fraction of sp³-hybridized carbons (Fsp3) is 0.296. The Balaban J connectivity index is 2.17. The smallest absolute Gasteiger partial charge is 0.255 e. The number of rotatable bonds is 12. The van der Waals surface area contributed by atoms with Crippen molar-refractivity contribution in [3.05, 3.63) is 78.4 Å². The van der Waals surface area contributed by atoms with Crippen molar-refractivity contribution in [2.75, 3.05) is 23.3 Å². The molecular weight excluding hydrogens is 462 g/mol. The first-order valence-corrected chi connectivity index (χ1v) is 13.4. The molecule has 0 aromatic heterocycles. The number of hydrogen-bond donors (Lipinski definition) is 2. The summed E-state index contributed by atoms with van der Waals surface area (Å²) in [6.07, 6.45) is 3.74. The van der Waals surface area contributed by atoms with Crippen LogP contribution >= 0.6 is 0 Å². The lowest BCUT2D eigenvalue weighted by molar-refractivity contribution is 0.102. The van der Waals surface area contributed by atoms with E-state index in [9.17, 15) is 13.2 Å². The van der Waals surface area contributed by atoms with E-state index >= 15 is 0 Å². The van der Waals surface area contributed by atoms with Gasteiger partial charge in [0.05, 0.1) is 5.69 Å². The number of carbonyl (C=O) groups excluding carboxylic acids is 1. The van der Waals surface area contributed by atoms with E-state index in [0.717, 1.165) is 25.7 Å². The van der Waals surface area contributed by atoms with Gasteiger partial charge in [-0.25, -0.2) is 13.6 Å². The quantitative estimate of drug-likeness (QED) is 0.331. The van der Waals surface area contributed by atoms with Crippen LogP contribution in [0.25, 0.3) is 0 Å². The topological polar surface area (TPSA) is 102 Å². The maximum atomic E-state index is 13.2. The zero-order valence-corrected chi connectivity index (χ0v) is 21.1. The molecular formula is C27H33N3O4S. The Labute approximate surface area is 208 Å². The third-order valence-corrected chi connectivity index (χ3v) is 6.42. The van der Waals surface area contributed by atoms with Crippen LogP contribution in [-0.4, -0.2) is 27.4 Å². The van der Waals surface area contributed by atoms with Gasteiger partial charge < -0.3 is 15.0 Å². The van der Waals surface area contributed by atoms with E-state index in [1.807, 2.05) is 24.3 Å². The minimum atomic E-state index is -4.21. The van der Waals surface area contributed by atoms with Gasteiger partial charge in [0.25, 0.3) is 5.91 Å². The second-order valence-corrected chi connectivity index (χ2v) is 9.83. The van der Waals surface area contributed by atoms with Crippen LogP contribution in [0.4, 0.5) is 11.4 Å². The highest BCUT2D eigenvalue weighted by Crippen LogP contribution is 2.40. The molecule has 35 heavy (non-hydrogen) atoms. The van der Waals surface area contributed by atoms with Crippen molar-refractivity contribution in [1.82, 2.24) is 0 Å². The van der Waals surface area contributed by atoms with Crippen LogP contribution in [0.5, 0.6) is 11.5 Å². The predicted octanol–water partition coefficient (Wildman–Crippen LogP) is 5.79. The largest absolute Gasteiger partial charge is 0.454 e. The highest BCUT2D eigenvalue weighted by Gasteiger charge is 2.26. The van der Waals surface area contributed by atoms with Crippen LogP contribution in [0.15, 0.2) is 77.7 Å². The van der Waals surface area contributed by atoms with E-state index in [1.165, 1.54) is 6.07 Å². The first-order chi connectivity index (χ1) is 16.8. The average molecular weight is 496 g/mol. The van der Waals surface area contributed by atoms with Crippen molar-refractivity contribution in [1.29, 1.82) is 0 Å². The molecule has 0 aliphatic heterocycles. The minimum Gasteiger partial charge on any atom is -0.454 e. The molecule has 0 aliphatic carbocycles. The summed E-state index contributed by atoms with van der Waals surface area (Å²) < 4.78 is 31.6. The Kier molecular flexibility index (Phi) is 9.28. The molecule has 0 bridgehead atoms. The van der Waals surface area contributed by atoms with Crippen molar-refractivity contribution in [3.8, 4) is 11.5 Å². The predicted molar refractivity (Wildman–Crippen MR) is 141 cm³/mol. The van der Waals surface area contributed by atoms with E-state index in [-0.39, 0.29) is 16.2 Å². The normalized spacial score (nSPS) is 11.2. The summed E-state index contributed by atoms with van der Waals surface area (Å²) in [5, 5.41) is 8.47. The first-order valence-electron chi connectivity index (χ1n) is 11.9. The van der Waals surface area contributed by atoms with Crippen molar-refractivity contribution in [3.63, 3.8) is 0 Å². The Morgan fingerprint density at radius 3 is 2.03 bits per heavy atom. The number of ether oxygens (including phenoxy) is 1. The van der Waals surface area contributed by atoms with Crippen LogP contribution < -0.4 is 20.1 Å². The molecule has 3 aromatic rings. The zero-order chi connectivity index (χ0) is 25.3. The molecule has 0 radical (unpaired) electrons. The van der Waals surface area contributed by atoms with Crippen LogP contribution in [0.2, 0.25) is 0 Å². The van der Waals surface area contributed by atoms with Gasteiger partial charge in [-0.05, 0) is 49.2 Å². The molecule has 186 valence electrons. The molecule has 3 rings (SSSR count). The second-order valence-electron chi connectivity index (χ2n) is 8.30. The number of anilines is 2. The van der Waals surface area contributed by atoms with Crippen molar-refractivity contribution >= 4 is 27.3 Å². The van der Waals surface area contributed by atoms with E-state index in [1.54, 1.807) is 42.5 Å². The molecule has 3 N–H and O–H groups in total. The maximum absolute atomic E-state index is 13.2. The lowest BCUT2D eigenvalue weighted by atomic mass is 10.1. The lowest BCUT2D eigenvalue weighted by Crippen LogP contribution is -2.27. The third kappa shape index (κ3) is 7.31. The molecule has 1 amide bonds. The van der Waals surface area contributed by atoms with Crippen LogP contribution in [0.1, 0.15) is 49.9 Å². The number of primary sulfonamides is 1. The van der Waals surface area contributed by atoms with Crippen LogP contribution in [-0.2, 0) is 10.0 Å². The molecule has 0 aliphatic rings. The molecule has 0 fully saturated rings. The Hall–Kier alpha value is -3.36. The molecule has 0 heterocycles. The number of nitrogens with two attached hydrogens (primary N) is 1. The monoisotopic (exact) mass is 495 g/mol. The Bertz CT molecular complexity index is 1210. The summed E-state index contributed by atoms with van der Waals surface area (Å²) in [4.78, 5) is 15.0. The number of unbranched alkanes of at least 4 members (excludes halogenated alkanes) is 2. The number of nitrogens with zero attached hydrogens (tertiary/aromatic N) is 1. The number of carbonyl (C=O) groups is 1. The van der Waals surface area contributed by atoms with Crippen molar-refractivity contribution in [2.45, 2.75) is 44.4 Å². The number of amides is 1. The standard InChI is InChI=1S/C27H33N3O4S/c1-3-5-17-30(18-6-4-2)24-19-21(27(31)29-22-13-9-7-10-14-22)20-25(35(28,32)33)26(24)34-23-15-11-8-12-16-23/h7-16,19-20H,3-6,17-18H2,1-2H3,(H,29,31)(H2,28,32,33). The van der Waals surface area contributed by atoms with E-state index in [2.05, 4.69) is 24.1 Å². The second kappa shape index (κ2) is 12.4. The van der Waals surface area contributed by atoms with E-state index in [4.69, 9.17) is 9.88 Å². The molecule has 0 atom stereocenters. The minimum absolute atomic E-state index is 0.127. The van der Waals surface area contributed by atoms with E-state index < -0.39 is 15.9 Å². The summed E-state index contributed by atoms with van der Waals surface area (Å²) in [6.45, 7) is 5.57. The molecule has 0 spiro atoms. The summed E-state index contributed by atoms with van der Waals surface area (Å²) in [5.41, 5.74) is 1.32. The number of benzene rings is 3. The third-order valence-electron chi connectivity index (χ3n) is 5.50. The Morgan fingerprint density at radius 1 is 0.914 bits per heavy atom. The first kappa shape index (κ1) is 26.2. The fourth-order valence-electron chi connectivity index (χ4n) is 3.65. The molecule has 0 saturated carbocycles. The van der Waals surface area contributed by atoms with Gasteiger partial charge in [0.15, 0.2) is 5.75 Å². The van der Waals surface area contributed by atoms with Gasteiger partial charge in [0, 0.05) is 24.3 Å². The number of sulfonamides is 1. The van der Waals surface area contributed by atoms with E-state index in [0.29, 0.717) is 30.2 Å². The average Bonchev–Trinajstić information content (AvgIpc) is 2.85. The lowest BCUT2D eigenvalue weighted by Gasteiger charge is -2.28. The van der Waals surface area contributed by atoms with Gasteiger partial charge in [-0.3, -0.25) is 4.79 Å². The number of nitrogens with one attached hydrogen (secondary N) is 1. The summed E-state index contributed by atoms with van der Waals surface area (Å²) >= 11 is 0. The molecule has 7 nitrogen and oxygen atoms in total. The number of hydrogen-bond acceptors (Lipinski definition) is 5. The number of para-hydroxylation sites is 2. The maximum Gasteiger partial charge on any atom is 0.255 e. The Morgan fingerprint density at radius 2 is 1.49 bits per heavy atom. The SMILES string of the molecule is CCCCN(CCCC)c1cc(C(=O)Nc2ccccc2)cc(S(N)(=O)=O)c1Oc1ccccc1. The van der Waals surface area contributed by atoms with Gasteiger partial charge >= 0.3 is 0 Å². The molecule has 0 unspecified atom stereocenters. The summed E-state index contributed by atoms with van der Waals surface area (Å²) in [6, 6.07) is 20.9.